The Bertz CT molecular complexity index is 256. The Morgan fingerprint density at radius 3 is 2.56 bits per heavy atom. The summed E-state index contributed by atoms with van der Waals surface area (Å²) in [6.07, 6.45) is 3.89. The maximum atomic E-state index is 3.71. The van der Waals surface area contributed by atoms with Crippen molar-refractivity contribution >= 4 is 0 Å². The van der Waals surface area contributed by atoms with Crippen LogP contribution in [-0.2, 0) is 0 Å². The normalized spacial score (nSPS) is 40.0. The van der Waals surface area contributed by atoms with Crippen molar-refractivity contribution < 1.29 is 0 Å². The third-order valence-electron chi connectivity index (χ3n) is 5.00. The van der Waals surface area contributed by atoms with Crippen molar-refractivity contribution in [2.75, 3.05) is 33.2 Å². The van der Waals surface area contributed by atoms with Crippen LogP contribution in [0.5, 0.6) is 0 Å². The summed E-state index contributed by atoms with van der Waals surface area (Å²) >= 11 is 0. The number of likely N-dealkylation sites (tertiary alicyclic amines) is 1. The van der Waals surface area contributed by atoms with Crippen LogP contribution in [0.1, 0.15) is 40.0 Å². The van der Waals surface area contributed by atoms with Gasteiger partial charge in [-0.25, -0.2) is 0 Å². The van der Waals surface area contributed by atoms with Gasteiger partial charge >= 0.3 is 0 Å². The molecule has 106 valence electrons. The zero-order chi connectivity index (χ0) is 13.1. The number of hydrogen-bond acceptors (Lipinski definition) is 3. The lowest BCUT2D eigenvalue weighted by Crippen LogP contribution is -2.62. The third-order valence-corrected chi connectivity index (χ3v) is 5.00. The van der Waals surface area contributed by atoms with Crippen LogP contribution in [0.25, 0.3) is 0 Å². The molecule has 3 heteroatoms. The van der Waals surface area contributed by atoms with E-state index >= 15 is 0 Å². The fraction of sp³-hybridized carbons (Fsp3) is 1.00. The Morgan fingerprint density at radius 2 is 1.94 bits per heavy atom. The van der Waals surface area contributed by atoms with Gasteiger partial charge in [0.1, 0.15) is 0 Å². The summed E-state index contributed by atoms with van der Waals surface area (Å²) in [7, 11) is 2.26. The van der Waals surface area contributed by atoms with Crippen molar-refractivity contribution in [3.05, 3.63) is 0 Å². The first-order valence-corrected chi connectivity index (χ1v) is 7.83. The van der Waals surface area contributed by atoms with E-state index in [0.717, 1.165) is 18.0 Å². The van der Waals surface area contributed by atoms with Crippen molar-refractivity contribution in [2.24, 2.45) is 5.92 Å². The molecule has 4 unspecified atom stereocenters. The second-order valence-electron chi connectivity index (χ2n) is 6.37. The van der Waals surface area contributed by atoms with Crippen LogP contribution in [0, 0.1) is 5.92 Å². The topological polar surface area (TPSA) is 18.5 Å². The zero-order valence-electron chi connectivity index (χ0n) is 12.7. The molecule has 4 atom stereocenters. The molecule has 0 aromatic heterocycles. The van der Waals surface area contributed by atoms with E-state index < -0.39 is 0 Å². The predicted molar refractivity (Wildman–Crippen MR) is 77.9 cm³/mol. The van der Waals surface area contributed by atoms with Gasteiger partial charge in [-0.2, -0.15) is 0 Å². The van der Waals surface area contributed by atoms with Crippen LogP contribution in [0.2, 0.25) is 0 Å². The third kappa shape index (κ3) is 3.06. The summed E-state index contributed by atoms with van der Waals surface area (Å²) in [6.45, 7) is 12.1. The number of rotatable bonds is 3. The highest BCUT2D eigenvalue weighted by atomic mass is 15.3. The van der Waals surface area contributed by atoms with Crippen LogP contribution < -0.4 is 5.32 Å². The van der Waals surface area contributed by atoms with E-state index in [1.165, 1.54) is 45.4 Å². The minimum absolute atomic E-state index is 0.708. The first kappa shape index (κ1) is 14.3. The predicted octanol–water partition coefficient (Wildman–Crippen LogP) is 1.79. The molecule has 1 N–H and O–H groups in total. The van der Waals surface area contributed by atoms with Gasteiger partial charge in [0.15, 0.2) is 0 Å². The standard InChI is InChI=1S/C15H31N3/c1-5-13-11-18(14(6-2)9-16-13)15-7-8-17(4)10-12(15)3/h12-16H,5-11H2,1-4H3. The fourth-order valence-corrected chi connectivity index (χ4v) is 3.78. The van der Waals surface area contributed by atoms with Crippen LogP contribution >= 0.6 is 0 Å². The van der Waals surface area contributed by atoms with E-state index in [-0.39, 0.29) is 0 Å². The molecule has 2 aliphatic heterocycles. The van der Waals surface area contributed by atoms with Gasteiger partial charge in [-0.3, -0.25) is 4.90 Å². The van der Waals surface area contributed by atoms with Gasteiger partial charge in [-0.05, 0) is 38.8 Å². The van der Waals surface area contributed by atoms with Crippen molar-refractivity contribution in [2.45, 2.75) is 58.2 Å². The van der Waals surface area contributed by atoms with Crippen LogP contribution in [0.15, 0.2) is 0 Å². The second kappa shape index (κ2) is 6.36. The Hall–Kier alpha value is -0.120. The van der Waals surface area contributed by atoms with Gasteiger partial charge in [0.25, 0.3) is 0 Å². The largest absolute Gasteiger partial charge is 0.311 e. The Labute approximate surface area is 113 Å². The molecule has 0 aliphatic carbocycles. The number of nitrogens with zero attached hydrogens (tertiary/aromatic N) is 2. The fourth-order valence-electron chi connectivity index (χ4n) is 3.78. The first-order chi connectivity index (χ1) is 8.65. The van der Waals surface area contributed by atoms with Crippen molar-refractivity contribution in [3.8, 4) is 0 Å². The summed E-state index contributed by atoms with van der Waals surface area (Å²) in [4.78, 5) is 5.32. The molecule has 0 aromatic carbocycles. The minimum atomic E-state index is 0.708. The lowest BCUT2D eigenvalue weighted by atomic mass is 9.89. The van der Waals surface area contributed by atoms with E-state index in [9.17, 15) is 0 Å². The van der Waals surface area contributed by atoms with Gasteiger partial charge in [0.2, 0.25) is 0 Å². The van der Waals surface area contributed by atoms with Gasteiger partial charge in [-0.15, -0.1) is 0 Å². The lowest BCUT2D eigenvalue weighted by molar-refractivity contribution is 0.0156. The average Bonchev–Trinajstić information content (AvgIpc) is 2.38. The highest BCUT2D eigenvalue weighted by molar-refractivity contribution is 4.93. The molecular weight excluding hydrogens is 222 g/mol. The van der Waals surface area contributed by atoms with Gasteiger partial charge in [0.05, 0.1) is 0 Å². The van der Waals surface area contributed by atoms with E-state index in [1.54, 1.807) is 0 Å². The van der Waals surface area contributed by atoms with Crippen LogP contribution in [-0.4, -0.2) is 61.2 Å². The highest BCUT2D eigenvalue weighted by Crippen LogP contribution is 2.26. The molecule has 3 nitrogen and oxygen atoms in total. The smallest absolute Gasteiger partial charge is 0.0221 e. The van der Waals surface area contributed by atoms with Crippen LogP contribution in [0.3, 0.4) is 0 Å². The van der Waals surface area contributed by atoms with Crippen molar-refractivity contribution in [1.29, 1.82) is 0 Å². The molecule has 0 bridgehead atoms. The number of hydrogen-bond donors (Lipinski definition) is 1. The molecule has 2 fully saturated rings. The van der Waals surface area contributed by atoms with E-state index in [4.69, 9.17) is 0 Å². The zero-order valence-corrected chi connectivity index (χ0v) is 12.7. The number of nitrogens with one attached hydrogen (secondary N) is 1. The van der Waals surface area contributed by atoms with Gasteiger partial charge in [-0.1, -0.05) is 20.8 Å². The summed E-state index contributed by atoms with van der Waals surface area (Å²) in [6, 6.07) is 2.27. The monoisotopic (exact) mass is 253 g/mol. The van der Waals surface area contributed by atoms with E-state index in [0.29, 0.717) is 6.04 Å². The highest BCUT2D eigenvalue weighted by Gasteiger charge is 2.35. The molecule has 2 aliphatic rings. The van der Waals surface area contributed by atoms with Crippen molar-refractivity contribution in [3.63, 3.8) is 0 Å². The van der Waals surface area contributed by atoms with E-state index in [1.807, 2.05) is 0 Å². The van der Waals surface area contributed by atoms with Gasteiger partial charge in [0, 0.05) is 37.8 Å². The van der Waals surface area contributed by atoms with Crippen LogP contribution in [0.4, 0.5) is 0 Å². The lowest BCUT2D eigenvalue weighted by Gasteiger charge is -2.49. The molecule has 2 heterocycles. The minimum Gasteiger partial charge on any atom is -0.311 e. The molecule has 18 heavy (non-hydrogen) atoms. The summed E-state index contributed by atoms with van der Waals surface area (Å²) in [5.41, 5.74) is 0. The second-order valence-corrected chi connectivity index (χ2v) is 6.37. The van der Waals surface area contributed by atoms with Gasteiger partial charge < -0.3 is 10.2 Å². The number of piperazine rings is 1. The maximum absolute atomic E-state index is 3.71. The SMILES string of the molecule is CCC1CN(C2CCN(C)CC2C)C(CC)CN1. The Balaban J connectivity index is 2.02. The Morgan fingerprint density at radius 1 is 1.17 bits per heavy atom. The summed E-state index contributed by atoms with van der Waals surface area (Å²) in [5.74, 6) is 0.813. The molecular formula is C15H31N3. The first-order valence-electron chi connectivity index (χ1n) is 7.83. The molecule has 0 radical (unpaired) electrons. The maximum Gasteiger partial charge on any atom is 0.0221 e. The van der Waals surface area contributed by atoms with Crippen molar-refractivity contribution in [1.82, 2.24) is 15.1 Å². The molecule has 0 spiro atoms. The molecule has 0 aromatic rings. The van der Waals surface area contributed by atoms with E-state index in [2.05, 4.69) is 42.9 Å². The number of piperidine rings is 1. The Kier molecular flexibility index (Phi) is 5.05. The molecule has 0 saturated carbocycles. The molecule has 2 saturated heterocycles. The molecule has 0 amide bonds. The quantitative estimate of drug-likeness (QED) is 0.827. The molecule has 2 rings (SSSR count). The summed E-state index contributed by atoms with van der Waals surface area (Å²) in [5, 5.41) is 3.71. The average molecular weight is 253 g/mol. The summed E-state index contributed by atoms with van der Waals surface area (Å²) < 4.78 is 0.